The highest BCUT2D eigenvalue weighted by atomic mass is 35.5. The van der Waals surface area contributed by atoms with Crippen LogP contribution in [-0.4, -0.2) is 44.0 Å². The molecular weight excluding hydrogens is 290 g/mol. The molecule has 8 heteroatoms. The average molecular weight is 306 g/mol. The second-order valence-electron chi connectivity index (χ2n) is 4.32. The van der Waals surface area contributed by atoms with Gasteiger partial charge in [-0.2, -0.15) is 4.31 Å². The van der Waals surface area contributed by atoms with Crippen LogP contribution in [-0.2, 0) is 10.0 Å². The highest BCUT2D eigenvalue weighted by molar-refractivity contribution is 7.89. The van der Waals surface area contributed by atoms with Crippen molar-refractivity contribution in [3.8, 4) is 5.75 Å². The van der Waals surface area contributed by atoms with Gasteiger partial charge in [-0.05, 0) is 25.1 Å². The maximum absolute atomic E-state index is 12.5. The van der Waals surface area contributed by atoms with Crippen molar-refractivity contribution in [2.45, 2.75) is 11.3 Å². The predicted molar refractivity (Wildman–Crippen MR) is 73.8 cm³/mol. The summed E-state index contributed by atoms with van der Waals surface area (Å²) in [4.78, 5) is -0.309. The number of nitrogens with two attached hydrogens (primary N) is 1. The molecular formula is C11H16ClN3O3S. The number of nitrogens with one attached hydrogen (secondary N) is 1. The highest BCUT2D eigenvalue weighted by Gasteiger charge is 2.30. The number of hydrogen-bond acceptors (Lipinski definition) is 5. The van der Waals surface area contributed by atoms with Crippen LogP contribution in [0.4, 0.5) is 5.69 Å². The predicted octanol–water partition coefficient (Wildman–Crippen LogP) is 0.612. The fourth-order valence-electron chi connectivity index (χ4n) is 2.00. The van der Waals surface area contributed by atoms with Crippen molar-refractivity contribution < 1.29 is 13.5 Å². The second-order valence-corrected chi connectivity index (χ2v) is 6.60. The van der Waals surface area contributed by atoms with Gasteiger partial charge in [-0.25, -0.2) is 8.42 Å². The summed E-state index contributed by atoms with van der Waals surface area (Å²) in [5.74, 6) is -0.482. The van der Waals surface area contributed by atoms with Crippen molar-refractivity contribution in [2.75, 3.05) is 31.9 Å². The minimum atomic E-state index is -3.84. The zero-order valence-corrected chi connectivity index (χ0v) is 11.8. The Morgan fingerprint density at radius 2 is 2.05 bits per heavy atom. The minimum absolute atomic E-state index is 0.00378. The topological polar surface area (TPSA) is 95.7 Å². The molecule has 1 aliphatic heterocycles. The van der Waals surface area contributed by atoms with E-state index in [0.29, 0.717) is 26.1 Å². The number of rotatable bonds is 2. The van der Waals surface area contributed by atoms with E-state index < -0.39 is 15.8 Å². The first-order chi connectivity index (χ1) is 8.94. The lowest BCUT2D eigenvalue weighted by molar-refractivity contribution is 0.421. The summed E-state index contributed by atoms with van der Waals surface area (Å²) in [5, 5.41) is 13.0. The molecule has 1 aromatic rings. The van der Waals surface area contributed by atoms with Crippen molar-refractivity contribution >= 4 is 27.3 Å². The molecule has 1 aliphatic rings. The molecule has 0 atom stereocenters. The van der Waals surface area contributed by atoms with Crippen LogP contribution in [0.3, 0.4) is 0 Å². The van der Waals surface area contributed by atoms with Crippen LogP contribution in [0.25, 0.3) is 0 Å². The fraction of sp³-hybridized carbons (Fsp3) is 0.455. The molecule has 0 radical (unpaired) electrons. The lowest BCUT2D eigenvalue weighted by Gasteiger charge is -2.21. The van der Waals surface area contributed by atoms with Crippen LogP contribution >= 0.6 is 11.6 Å². The summed E-state index contributed by atoms with van der Waals surface area (Å²) in [7, 11) is -3.84. The Morgan fingerprint density at radius 3 is 2.79 bits per heavy atom. The molecule has 1 saturated heterocycles. The molecule has 6 nitrogen and oxygen atoms in total. The summed E-state index contributed by atoms with van der Waals surface area (Å²) in [6.45, 7) is 2.06. The number of halogens is 1. The normalized spacial score (nSPS) is 18.2. The zero-order valence-electron chi connectivity index (χ0n) is 10.3. The van der Waals surface area contributed by atoms with Gasteiger partial charge in [-0.1, -0.05) is 11.6 Å². The molecule has 2 rings (SSSR count). The van der Waals surface area contributed by atoms with E-state index in [0.717, 1.165) is 6.54 Å². The van der Waals surface area contributed by atoms with Crippen molar-refractivity contribution in [2.24, 2.45) is 0 Å². The first kappa shape index (κ1) is 14.4. The van der Waals surface area contributed by atoms with Crippen LogP contribution in [0.2, 0.25) is 5.02 Å². The molecule has 0 aliphatic carbocycles. The van der Waals surface area contributed by atoms with Gasteiger partial charge >= 0.3 is 0 Å². The van der Waals surface area contributed by atoms with Gasteiger partial charge in [0.15, 0.2) is 5.75 Å². The third-order valence-corrected chi connectivity index (χ3v) is 5.41. The van der Waals surface area contributed by atoms with Gasteiger partial charge in [0.1, 0.15) is 4.90 Å². The summed E-state index contributed by atoms with van der Waals surface area (Å²) in [6, 6.07) is 2.75. The quantitative estimate of drug-likeness (QED) is 0.550. The maximum atomic E-state index is 12.5. The van der Waals surface area contributed by atoms with Gasteiger partial charge in [0.2, 0.25) is 10.0 Å². The molecule has 0 bridgehead atoms. The first-order valence-electron chi connectivity index (χ1n) is 5.92. The number of aromatic hydroxyl groups is 1. The number of benzene rings is 1. The molecule has 4 N–H and O–H groups in total. The Morgan fingerprint density at radius 1 is 1.32 bits per heavy atom. The molecule has 1 heterocycles. The lowest BCUT2D eigenvalue weighted by atomic mass is 10.3. The number of nitrogen functional groups attached to an aromatic ring is 1. The molecule has 0 unspecified atom stereocenters. The van der Waals surface area contributed by atoms with Crippen LogP contribution in [0.15, 0.2) is 17.0 Å². The lowest BCUT2D eigenvalue weighted by Crippen LogP contribution is -2.34. The van der Waals surface area contributed by atoms with Gasteiger partial charge in [-0.3, -0.25) is 0 Å². The Hall–Kier alpha value is -1.02. The molecule has 0 aromatic heterocycles. The van der Waals surface area contributed by atoms with Gasteiger partial charge < -0.3 is 16.2 Å². The van der Waals surface area contributed by atoms with Crippen molar-refractivity contribution in [1.29, 1.82) is 0 Å². The van der Waals surface area contributed by atoms with E-state index in [-0.39, 0.29) is 15.6 Å². The number of nitrogens with zero attached hydrogens (tertiary/aromatic N) is 1. The largest absolute Gasteiger partial charge is 0.504 e. The molecule has 19 heavy (non-hydrogen) atoms. The van der Waals surface area contributed by atoms with E-state index >= 15 is 0 Å². The summed E-state index contributed by atoms with van der Waals surface area (Å²) >= 11 is 5.91. The molecule has 0 saturated carbocycles. The van der Waals surface area contributed by atoms with E-state index in [1.807, 2.05) is 0 Å². The number of sulfonamides is 1. The van der Waals surface area contributed by atoms with Crippen LogP contribution in [0.1, 0.15) is 6.42 Å². The second kappa shape index (κ2) is 5.54. The Labute approximate surface area is 117 Å². The summed E-state index contributed by atoms with van der Waals surface area (Å²) in [6.07, 6.45) is 0.708. The average Bonchev–Trinajstić information content (AvgIpc) is 2.63. The van der Waals surface area contributed by atoms with E-state index in [1.165, 1.54) is 16.4 Å². The van der Waals surface area contributed by atoms with Crippen molar-refractivity contribution in [1.82, 2.24) is 9.62 Å². The van der Waals surface area contributed by atoms with Crippen LogP contribution < -0.4 is 11.1 Å². The number of phenolic OH excluding ortho intramolecular Hbond substituents is 1. The first-order valence-corrected chi connectivity index (χ1v) is 7.74. The van der Waals surface area contributed by atoms with Crippen LogP contribution in [0, 0.1) is 0 Å². The summed E-state index contributed by atoms with van der Waals surface area (Å²) < 4.78 is 26.4. The van der Waals surface area contributed by atoms with Gasteiger partial charge in [-0.15, -0.1) is 0 Å². The fourth-order valence-corrected chi connectivity index (χ4v) is 4.08. The molecule has 1 fully saturated rings. The highest BCUT2D eigenvalue weighted by Crippen LogP contribution is 2.36. The minimum Gasteiger partial charge on any atom is -0.504 e. The van der Waals surface area contributed by atoms with E-state index in [1.54, 1.807) is 0 Å². The Bertz CT molecular complexity index is 569. The number of anilines is 1. The monoisotopic (exact) mass is 305 g/mol. The Kier molecular flexibility index (Phi) is 4.19. The van der Waals surface area contributed by atoms with E-state index in [4.69, 9.17) is 17.3 Å². The van der Waals surface area contributed by atoms with E-state index in [2.05, 4.69) is 5.32 Å². The summed E-state index contributed by atoms with van der Waals surface area (Å²) in [5.41, 5.74) is 5.54. The van der Waals surface area contributed by atoms with Crippen molar-refractivity contribution in [3.05, 3.63) is 17.2 Å². The third kappa shape index (κ3) is 2.79. The zero-order chi connectivity index (χ0) is 14.0. The third-order valence-electron chi connectivity index (χ3n) is 3.01. The SMILES string of the molecule is Nc1ccc(Cl)c(S(=O)(=O)N2CCCNCC2)c1O. The molecule has 0 spiro atoms. The van der Waals surface area contributed by atoms with E-state index in [9.17, 15) is 13.5 Å². The van der Waals surface area contributed by atoms with Gasteiger partial charge in [0.25, 0.3) is 0 Å². The standard InChI is InChI=1S/C11H16ClN3O3S/c12-8-2-3-9(13)10(16)11(8)19(17,18)15-6-1-4-14-5-7-15/h2-3,14,16H,1,4-7,13H2. The van der Waals surface area contributed by atoms with Crippen molar-refractivity contribution in [3.63, 3.8) is 0 Å². The smallest absolute Gasteiger partial charge is 0.248 e. The van der Waals surface area contributed by atoms with Crippen LogP contribution in [0.5, 0.6) is 5.75 Å². The molecule has 106 valence electrons. The molecule has 1 aromatic carbocycles. The van der Waals surface area contributed by atoms with Gasteiger partial charge in [0.05, 0.1) is 10.7 Å². The van der Waals surface area contributed by atoms with Gasteiger partial charge in [0, 0.05) is 19.6 Å². The maximum Gasteiger partial charge on any atom is 0.248 e. The molecule has 0 amide bonds. The number of phenols is 1. The Balaban J connectivity index is 2.47. The number of hydrogen-bond donors (Lipinski definition) is 3.